The first-order chi connectivity index (χ1) is 24.3. The van der Waals surface area contributed by atoms with Crippen LogP contribution in [0.4, 0.5) is 0 Å². The Morgan fingerprint density at radius 2 is 1.14 bits per heavy atom. The molecule has 3 aliphatic carbocycles. The van der Waals surface area contributed by atoms with Crippen LogP contribution in [-0.4, -0.2) is 44.0 Å². The van der Waals surface area contributed by atoms with Crippen molar-refractivity contribution in [1.29, 1.82) is 0 Å². The van der Waals surface area contributed by atoms with Crippen LogP contribution in [0.5, 0.6) is 5.75 Å². The molecule has 256 valence electrons. The summed E-state index contributed by atoms with van der Waals surface area (Å²) in [6, 6.07) is 27.7. The molecule has 6 aliphatic rings. The average molecular weight is 689 g/mol. The maximum Gasteiger partial charge on any atom is 0.127 e. The summed E-state index contributed by atoms with van der Waals surface area (Å²) >= 11 is 0. The first kappa shape index (κ1) is 32.7. The van der Waals surface area contributed by atoms with Gasteiger partial charge in [-0.2, -0.15) is 0 Å². The van der Waals surface area contributed by atoms with Crippen molar-refractivity contribution in [3.8, 4) is 16.9 Å². The molecule has 0 bridgehead atoms. The van der Waals surface area contributed by atoms with Gasteiger partial charge in [0, 0.05) is 17.7 Å². The summed E-state index contributed by atoms with van der Waals surface area (Å²) in [4.78, 5) is 0. The minimum Gasteiger partial charge on any atom is -0.493 e. The molecule has 4 heteroatoms. The van der Waals surface area contributed by atoms with E-state index in [-0.39, 0.29) is 21.9 Å². The van der Waals surface area contributed by atoms with Crippen LogP contribution in [0.2, 0.25) is 0 Å². The van der Waals surface area contributed by atoms with Crippen molar-refractivity contribution in [3.05, 3.63) is 95.3 Å². The Morgan fingerprint density at radius 1 is 0.551 bits per heavy atom. The van der Waals surface area contributed by atoms with E-state index < -0.39 is 0 Å². The molecule has 2 nitrogen and oxygen atoms in total. The summed E-state index contributed by atoms with van der Waals surface area (Å²) in [7, 11) is -0.626. The van der Waals surface area contributed by atoms with Gasteiger partial charge in [-0.1, -0.05) is 114 Å². The zero-order valence-electron chi connectivity index (χ0n) is 29.3. The quantitative estimate of drug-likeness (QED) is 0.254. The highest BCUT2D eigenvalue weighted by atomic mass is 31.1. The zero-order valence-corrected chi connectivity index (χ0v) is 31.1. The molecule has 3 aromatic rings. The average Bonchev–Trinajstić information content (AvgIpc) is 3.78. The maximum absolute atomic E-state index is 7.14. The van der Waals surface area contributed by atoms with Gasteiger partial charge in [-0.25, -0.2) is 0 Å². The fourth-order valence-electron chi connectivity index (χ4n) is 10.5. The molecule has 49 heavy (non-hydrogen) atoms. The second kappa shape index (κ2) is 14.8. The minimum absolute atomic E-state index is 0.0951. The lowest BCUT2D eigenvalue weighted by molar-refractivity contribution is 0.0897. The first-order valence-corrected chi connectivity index (χ1v) is 23.2. The van der Waals surface area contributed by atoms with Crippen molar-refractivity contribution in [2.75, 3.05) is 37.9 Å². The number of ether oxygens (including phenoxy) is 2. The smallest absolute Gasteiger partial charge is 0.127 e. The number of hydrogen-bond acceptors (Lipinski definition) is 2. The topological polar surface area (TPSA) is 18.5 Å². The third-order valence-electron chi connectivity index (χ3n) is 12.9. The Hall–Kier alpha value is -2.24. The molecule has 0 aromatic heterocycles. The van der Waals surface area contributed by atoms with E-state index >= 15 is 0 Å². The first-order valence-electron chi connectivity index (χ1n) is 19.8. The Balaban J connectivity index is 1.31. The summed E-state index contributed by atoms with van der Waals surface area (Å²) in [5.74, 6) is 4.76. The molecule has 5 atom stereocenters. The number of allylic oxidation sites excluding steroid dienone is 2. The van der Waals surface area contributed by atoms with Gasteiger partial charge in [0.2, 0.25) is 0 Å². The molecular weight excluding hydrogens is 634 g/mol. The van der Waals surface area contributed by atoms with Crippen molar-refractivity contribution in [2.45, 2.75) is 83.2 Å². The number of hydrogen-bond donors (Lipinski definition) is 0. The minimum atomic E-state index is -0.320. The molecule has 2 saturated heterocycles. The summed E-state index contributed by atoms with van der Waals surface area (Å²) in [6.45, 7) is 1.65. The molecule has 3 aliphatic heterocycles. The van der Waals surface area contributed by atoms with Gasteiger partial charge >= 0.3 is 0 Å². The molecule has 2 saturated carbocycles. The van der Waals surface area contributed by atoms with E-state index in [1.807, 2.05) is 0 Å². The highest BCUT2D eigenvalue weighted by Crippen LogP contribution is 2.66. The molecule has 0 spiro atoms. The fraction of sp³-hybridized carbons (Fsp3) is 0.511. The molecule has 4 fully saturated rings. The number of fused-ring (bicyclic) bond motifs is 5. The normalized spacial score (nSPS) is 29.6. The Morgan fingerprint density at radius 3 is 1.80 bits per heavy atom. The largest absolute Gasteiger partial charge is 0.493 e. The molecule has 1 unspecified atom stereocenters. The summed E-state index contributed by atoms with van der Waals surface area (Å²) in [5, 5.41) is 3.35. The van der Waals surface area contributed by atoms with Gasteiger partial charge in [-0.05, 0) is 139 Å². The van der Waals surface area contributed by atoms with Crippen LogP contribution in [0.3, 0.4) is 0 Å². The predicted molar refractivity (Wildman–Crippen MR) is 211 cm³/mol. The van der Waals surface area contributed by atoms with Crippen LogP contribution in [0.15, 0.2) is 84.2 Å². The van der Waals surface area contributed by atoms with Crippen LogP contribution in [0.1, 0.15) is 88.2 Å². The zero-order chi connectivity index (χ0) is 32.6. The van der Waals surface area contributed by atoms with Gasteiger partial charge in [-0.15, -0.1) is 0 Å². The fourth-order valence-corrected chi connectivity index (χ4v) is 17.9. The maximum atomic E-state index is 7.14. The predicted octanol–water partition coefficient (Wildman–Crippen LogP) is 11.7. The summed E-state index contributed by atoms with van der Waals surface area (Å²) in [6.07, 6.45) is 24.1. The van der Waals surface area contributed by atoms with Gasteiger partial charge in [0.1, 0.15) is 5.75 Å². The standard InChI is InChI=1S/C45H54O2P2/c1-4-14-32(15-5-1)38-22-24-40-42(44(38)48-28-34-18-8-9-19-35(34)29-48)43-41(47-27-13-3-12-26-46-40)25-23-39(33-16-6-2-7-17-33)45(43)49-30-36-20-10-11-21-37(36)31-49/h1-2,4-7,14-17,22-24,34-37,41H,3,8-13,18-21,25-31H2/t34-,35-,36-,37-,41?/m1/s1. The summed E-state index contributed by atoms with van der Waals surface area (Å²) < 4.78 is 14.2. The van der Waals surface area contributed by atoms with Crippen LogP contribution in [0, 0.1) is 23.7 Å². The monoisotopic (exact) mass is 688 g/mol. The van der Waals surface area contributed by atoms with E-state index in [0.717, 1.165) is 61.9 Å². The van der Waals surface area contributed by atoms with E-state index in [4.69, 9.17) is 9.47 Å². The lowest BCUT2D eigenvalue weighted by Gasteiger charge is -2.35. The van der Waals surface area contributed by atoms with Crippen LogP contribution in [0.25, 0.3) is 22.3 Å². The second-order valence-corrected chi connectivity index (χ2v) is 20.4. The van der Waals surface area contributed by atoms with E-state index in [2.05, 4.69) is 78.9 Å². The van der Waals surface area contributed by atoms with Crippen molar-refractivity contribution in [3.63, 3.8) is 0 Å². The van der Waals surface area contributed by atoms with E-state index in [1.165, 1.54) is 110 Å². The third kappa shape index (κ3) is 6.54. The SMILES string of the molecule is C1=C(c2ccccc2)C(P2C[C@H]3CCCC[C@@H]3C2)=C2c3c(ccc(-c4ccccc4)c3P3C[C@H]4CCCC[C@@H]4C3)OCCCCCOC2C1. The van der Waals surface area contributed by atoms with Crippen LogP contribution >= 0.6 is 15.8 Å². The van der Waals surface area contributed by atoms with E-state index in [9.17, 15) is 0 Å². The van der Waals surface area contributed by atoms with Crippen molar-refractivity contribution in [2.24, 2.45) is 23.7 Å². The van der Waals surface area contributed by atoms with E-state index in [1.54, 1.807) is 16.2 Å². The highest BCUT2D eigenvalue weighted by Gasteiger charge is 2.44. The third-order valence-corrected chi connectivity index (χ3v) is 18.7. The lowest BCUT2D eigenvalue weighted by Crippen LogP contribution is -2.25. The van der Waals surface area contributed by atoms with Crippen LogP contribution < -0.4 is 10.0 Å². The number of benzene rings is 3. The van der Waals surface area contributed by atoms with Gasteiger partial charge < -0.3 is 9.47 Å². The Labute approximate surface area is 297 Å². The molecule has 3 heterocycles. The van der Waals surface area contributed by atoms with Crippen molar-refractivity contribution in [1.82, 2.24) is 0 Å². The molecule has 9 rings (SSSR count). The highest BCUT2D eigenvalue weighted by molar-refractivity contribution is 7.66. The molecule has 0 amide bonds. The van der Waals surface area contributed by atoms with Crippen molar-refractivity contribution < 1.29 is 9.47 Å². The second-order valence-electron chi connectivity index (χ2n) is 15.9. The molecule has 0 radical (unpaired) electrons. The Kier molecular flexibility index (Phi) is 9.85. The van der Waals surface area contributed by atoms with E-state index in [0.29, 0.717) is 0 Å². The van der Waals surface area contributed by atoms with Gasteiger partial charge in [-0.3, -0.25) is 0 Å². The van der Waals surface area contributed by atoms with Gasteiger partial charge in [0.05, 0.1) is 12.7 Å². The van der Waals surface area contributed by atoms with Crippen molar-refractivity contribution >= 4 is 32.3 Å². The molecule has 3 aromatic carbocycles. The Bertz CT molecular complexity index is 1650. The van der Waals surface area contributed by atoms with Gasteiger partial charge in [0.25, 0.3) is 0 Å². The summed E-state index contributed by atoms with van der Waals surface area (Å²) in [5.41, 5.74) is 8.79. The van der Waals surface area contributed by atoms with Crippen LogP contribution in [-0.2, 0) is 4.74 Å². The molecule has 0 N–H and O–H groups in total. The lowest BCUT2D eigenvalue weighted by atomic mass is 9.82. The number of rotatable bonds is 4. The van der Waals surface area contributed by atoms with Gasteiger partial charge in [0.15, 0.2) is 0 Å². The molecular formula is C45H54O2P2.